The Hall–Kier alpha value is -5.78. The first-order valence-corrected chi connectivity index (χ1v) is 28.2. The number of nitrogens with one attached hydrogen (secondary N) is 1. The van der Waals surface area contributed by atoms with Gasteiger partial charge in [-0.3, -0.25) is 4.79 Å². The highest BCUT2D eigenvalue weighted by Crippen LogP contribution is 2.44. The van der Waals surface area contributed by atoms with Crippen molar-refractivity contribution < 1.29 is 28.3 Å². The highest BCUT2D eigenvalue weighted by molar-refractivity contribution is 7.79. The lowest BCUT2D eigenvalue weighted by atomic mass is 9.91. The minimum atomic E-state index is -3.36. The summed E-state index contributed by atoms with van der Waals surface area (Å²) in [7, 11) is -3.36. The van der Waals surface area contributed by atoms with Gasteiger partial charge in [-0.2, -0.15) is 0 Å². The molecule has 8 heteroatoms. The number of benzene rings is 6. The van der Waals surface area contributed by atoms with Crippen molar-refractivity contribution in [3.63, 3.8) is 0 Å². The minimum Gasteiger partial charge on any atom is -0.493 e. The Morgan fingerprint density at radius 1 is 0.414 bits per heavy atom. The maximum atomic E-state index is 15.2. The fourth-order valence-corrected chi connectivity index (χ4v) is 12.0. The van der Waals surface area contributed by atoms with E-state index in [0.29, 0.717) is 68.4 Å². The van der Waals surface area contributed by atoms with Crippen LogP contribution >= 0.6 is 7.14 Å². The molecule has 1 aliphatic carbocycles. The Kier molecular flexibility index (Phi) is 20.1. The molecule has 0 spiro atoms. The van der Waals surface area contributed by atoms with Crippen LogP contribution in [0.3, 0.4) is 0 Å². The number of carbonyl (C=O) groups is 1. The first kappa shape index (κ1) is 52.1. The molecule has 0 heterocycles. The molecule has 0 atom stereocenters. The predicted molar refractivity (Wildman–Crippen MR) is 290 cm³/mol. The van der Waals surface area contributed by atoms with Crippen LogP contribution in [0.2, 0.25) is 0 Å². The molecule has 1 amide bonds. The molecule has 0 fully saturated rings. The molecule has 6 aromatic rings. The smallest absolute Gasteiger partial charge is 0.232 e. The molecule has 70 heavy (non-hydrogen) atoms. The number of para-hydroxylation sites is 3. The Morgan fingerprint density at radius 3 is 1.03 bits per heavy atom. The van der Waals surface area contributed by atoms with Gasteiger partial charge >= 0.3 is 0 Å². The van der Waals surface area contributed by atoms with Gasteiger partial charge in [0, 0.05) is 53.1 Å². The third-order valence-corrected chi connectivity index (χ3v) is 16.3. The standard InChI is InChI=1S/C62H76NO6P/c1-5-9-19-36-66-59-47-26-23-27-48(59)41-50-29-25-31-52(61(50)68-38-21-11-7-3)43-54-45-55(63-58(64)46-70(65,56-32-15-13-16-33-56)57-34-17-14-18-35-57)44-53(62(54)69-39-22-12-8-4)42-51-30-24-28-49(40-47)60(51)67-37-20-10-6-2/h13-18,23-35,44-45H,5-12,19-22,36-43,46H2,1-4H3,(H,63,64). The van der Waals surface area contributed by atoms with Gasteiger partial charge in [0.15, 0.2) is 7.14 Å². The first-order chi connectivity index (χ1) is 34.3. The van der Waals surface area contributed by atoms with Crippen molar-refractivity contribution in [2.75, 3.05) is 37.9 Å². The molecule has 0 saturated heterocycles. The van der Waals surface area contributed by atoms with Crippen LogP contribution in [-0.4, -0.2) is 38.5 Å². The Bertz CT molecular complexity index is 2480. The average molecular weight is 962 g/mol. The quantitative estimate of drug-likeness (QED) is 0.0454. The largest absolute Gasteiger partial charge is 0.493 e. The zero-order valence-corrected chi connectivity index (χ0v) is 43.3. The van der Waals surface area contributed by atoms with Crippen LogP contribution in [0.4, 0.5) is 5.69 Å². The first-order valence-electron chi connectivity index (χ1n) is 26.3. The van der Waals surface area contributed by atoms with Gasteiger partial charge in [-0.1, -0.05) is 194 Å². The van der Waals surface area contributed by atoms with Gasteiger partial charge in [0.05, 0.1) is 32.6 Å². The molecule has 6 aromatic carbocycles. The second-order valence-corrected chi connectivity index (χ2v) is 21.7. The summed E-state index contributed by atoms with van der Waals surface area (Å²) in [5, 5.41) is 4.58. The van der Waals surface area contributed by atoms with Crippen molar-refractivity contribution in [2.45, 2.75) is 130 Å². The topological polar surface area (TPSA) is 83.1 Å². The van der Waals surface area contributed by atoms with Gasteiger partial charge in [-0.05, 0) is 71.2 Å². The molecule has 0 radical (unpaired) electrons. The predicted octanol–water partition coefficient (Wildman–Crippen LogP) is 14.6. The number of amides is 1. The second kappa shape index (κ2) is 27.0. The molecule has 1 aliphatic rings. The summed E-state index contributed by atoms with van der Waals surface area (Å²) in [4.78, 5) is 14.5. The monoisotopic (exact) mass is 962 g/mol. The van der Waals surface area contributed by atoms with E-state index in [0.717, 1.165) is 145 Å². The SMILES string of the molecule is CCCCCOc1c2cccc1Cc1cccc(c1OCCCCC)Cc1cc(NC(=O)CP(=O)(c3ccccc3)c3ccccc3)cc(c1OCCCCC)Cc1cccc(c1OCCCCC)C2. The second-order valence-electron chi connectivity index (χ2n) is 18.9. The number of unbranched alkanes of at least 4 members (excludes halogenated alkanes) is 8. The average Bonchev–Trinajstić information content (AvgIpc) is 3.37. The lowest BCUT2D eigenvalue weighted by Gasteiger charge is -2.24. The zero-order chi connectivity index (χ0) is 49.0. The maximum absolute atomic E-state index is 15.2. The minimum absolute atomic E-state index is 0.180. The molecule has 370 valence electrons. The summed E-state index contributed by atoms with van der Waals surface area (Å²) >= 11 is 0. The van der Waals surface area contributed by atoms with E-state index in [4.69, 9.17) is 18.9 Å². The number of rotatable bonds is 25. The van der Waals surface area contributed by atoms with Crippen LogP contribution < -0.4 is 34.9 Å². The fourth-order valence-electron chi connectivity index (χ4n) is 9.58. The lowest BCUT2D eigenvalue weighted by molar-refractivity contribution is -0.113. The highest BCUT2D eigenvalue weighted by Gasteiger charge is 2.31. The Balaban J connectivity index is 1.40. The van der Waals surface area contributed by atoms with Gasteiger partial charge in [0.1, 0.15) is 23.0 Å². The third kappa shape index (κ3) is 14.0. The zero-order valence-electron chi connectivity index (χ0n) is 42.4. The number of fused-ring (bicyclic) bond motifs is 8. The van der Waals surface area contributed by atoms with Gasteiger partial charge < -0.3 is 28.8 Å². The Labute approximate surface area is 419 Å². The van der Waals surface area contributed by atoms with Crippen LogP contribution in [0.1, 0.15) is 149 Å². The fraction of sp³-hybridized carbons (Fsp3) is 0.403. The summed E-state index contributed by atoms with van der Waals surface area (Å²) < 4.78 is 42.8. The van der Waals surface area contributed by atoms with Crippen molar-refractivity contribution in [3.05, 3.63) is 172 Å². The van der Waals surface area contributed by atoms with Gasteiger partial charge in [-0.25, -0.2) is 0 Å². The number of anilines is 1. The molecular formula is C62H76NO6P. The molecule has 0 saturated carbocycles. The van der Waals surface area contributed by atoms with E-state index >= 15 is 4.57 Å². The summed E-state index contributed by atoms with van der Waals surface area (Å²) in [6.07, 6.45) is 14.7. The van der Waals surface area contributed by atoms with E-state index in [2.05, 4.69) is 99.7 Å². The van der Waals surface area contributed by atoms with Crippen molar-refractivity contribution >= 4 is 29.3 Å². The van der Waals surface area contributed by atoms with E-state index in [1.807, 2.05) is 60.7 Å². The lowest BCUT2D eigenvalue weighted by Crippen LogP contribution is -2.26. The molecule has 0 aromatic heterocycles. The molecule has 0 unspecified atom stereocenters. The number of ether oxygens (including phenoxy) is 4. The normalized spacial score (nSPS) is 12.3. The number of hydrogen-bond acceptors (Lipinski definition) is 6. The highest BCUT2D eigenvalue weighted by atomic mass is 31.2. The van der Waals surface area contributed by atoms with Crippen molar-refractivity contribution in [1.82, 2.24) is 0 Å². The molecule has 7 rings (SSSR count). The summed E-state index contributed by atoms with van der Waals surface area (Å²) in [5.74, 6) is 3.23. The van der Waals surface area contributed by atoms with E-state index < -0.39 is 7.14 Å². The van der Waals surface area contributed by atoms with Crippen molar-refractivity contribution in [2.24, 2.45) is 0 Å². The van der Waals surface area contributed by atoms with Crippen LogP contribution in [-0.2, 0) is 35.0 Å². The van der Waals surface area contributed by atoms with E-state index in [-0.39, 0.29) is 12.1 Å². The van der Waals surface area contributed by atoms with E-state index in [1.165, 1.54) is 0 Å². The number of hydrogen-bond donors (Lipinski definition) is 1. The summed E-state index contributed by atoms with van der Waals surface area (Å²) in [5.41, 5.74) is 9.10. The van der Waals surface area contributed by atoms with Crippen LogP contribution in [0, 0.1) is 0 Å². The van der Waals surface area contributed by atoms with Gasteiger partial charge in [0.2, 0.25) is 5.91 Å². The van der Waals surface area contributed by atoms with Gasteiger partial charge in [0.25, 0.3) is 0 Å². The molecular weight excluding hydrogens is 886 g/mol. The van der Waals surface area contributed by atoms with E-state index in [9.17, 15) is 4.79 Å². The molecule has 0 aliphatic heterocycles. The molecule has 7 nitrogen and oxygen atoms in total. The molecule has 8 bridgehead atoms. The van der Waals surface area contributed by atoms with Crippen LogP contribution in [0.5, 0.6) is 23.0 Å². The summed E-state index contributed by atoms with van der Waals surface area (Å²) in [6.45, 7) is 11.3. The van der Waals surface area contributed by atoms with Gasteiger partial charge in [-0.15, -0.1) is 0 Å². The van der Waals surface area contributed by atoms with Crippen molar-refractivity contribution in [3.8, 4) is 23.0 Å². The van der Waals surface area contributed by atoms with Crippen molar-refractivity contribution in [1.29, 1.82) is 0 Å². The van der Waals surface area contributed by atoms with E-state index in [1.54, 1.807) is 0 Å². The summed E-state index contributed by atoms with van der Waals surface area (Å²) in [6, 6.07) is 42.6. The Morgan fingerprint density at radius 2 is 0.714 bits per heavy atom. The van der Waals surface area contributed by atoms with Crippen LogP contribution in [0.25, 0.3) is 0 Å². The maximum Gasteiger partial charge on any atom is 0.232 e. The molecule has 1 N–H and O–H groups in total. The number of carbonyl (C=O) groups excluding carboxylic acids is 1. The van der Waals surface area contributed by atoms with Crippen LogP contribution in [0.15, 0.2) is 127 Å². The third-order valence-electron chi connectivity index (χ3n) is 13.3.